The van der Waals surface area contributed by atoms with Crippen molar-refractivity contribution in [3.63, 3.8) is 0 Å². The summed E-state index contributed by atoms with van der Waals surface area (Å²) in [5.41, 5.74) is -2.50. The van der Waals surface area contributed by atoms with Gasteiger partial charge in [-0.1, -0.05) is 48.5 Å². The Hall–Kier alpha value is -3.42. The lowest BCUT2D eigenvalue weighted by Crippen LogP contribution is -2.73. The lowest BCUT2D eigenvalue weighted by Gasteiger charge is -2.77. The Balaban J connectivity index is 0.875. The molecule has 17 heteroatoms. The zero-order valence-electron chi connectivity index (χ0n) is 47.5. The van der Waals surface area contributed by atoms with Gasteiger partial charge in [-0.3, -0.25) is 9.59 Å². The van der Waals surface area contributed by atoms with Gasteiger partial charge in [0.2, 0.25) is 5.79 Å². The number of rotatable bonds is 10. The highest BCUT2D eigenvalue weighted by molar-refractivity contribution is 5.97. The van der Waals surface area contributed by atoms with Crippen LogP contribution in [0.5, 0.6) is 5.75 Å². The molecule has 0 radical (unpaired) electrons. The quantitative estimate of drug-likeness (QED) is 0.0917. The Morgan fingerprint density at radius 3 is 1.88 bits per heavy atom. The Labute approximate surface area is 458 Å². The molecule has 11 rings (SSSR count). The molecule has 0 spiro atoms. The van der Waals surface area contributed by atoms with Gasteiger partial charge in [0.25, 0.3) is 0 Å². The first-order valence-corrected chi connectivity index (χ1v) is 29.4. The van der Waals surface area contributed by atoms with E-state index in [0.29, 0.717) is 60.3 Å². The molecular weight excluding hydrogens is 1000 g/mol. The van der Waals surface area contributed by atoms with Gasteiger partial charge in [0.1, 0.15) is 29.7 Å². The van der Waals surface area contributed by atoms with Gasteiger partial charge in [-0.15, -0.1) is 0 Å². The topological polar surface area (TPSA) is 265 Å². The summed E-state index contributed by atoms with van der Waals surface area (Å²) in [7, 11) is 2.58. The minimum absolute atomic E-state index is 0.000783. The first-order valence-electron chi connectivity index (χ1n) is 29.4. The van der Waals surface area contributed by atoms with E-state index in [1.54, 1.807) is 19.1 Å². The maximum atomic E-state index is 14.0. The Morgan fingerprint density at radius 2 is 1.28 bits per heavy atom. The Morgan fingerprint density at radius 1 is 0.705 bits per heavy atom. The first-order chi connectivity index (χ1) is 36.6. The van der Waals surface area contributed by atoms with Crippen LogP contribution in [0.3, 0.4) is 0 Å². The number of carboxylic acid groups (broad SMARTS) is 2. The van der Waals surface area contributed by atoms with Gasteiger partial charge in [0.15, 0.2) is 12.4 Å². The number of aliphatic hydroxyl groups excluding tert-OH is 4. The highest BCUT2D eigenvalue weighted by atomic mass is 16.7. The van der Waals surface area contributed by atoms with Crippen LogP contribution in [0.2, 0.25) is 0 Å². The van der Waals surface area contributed by atoms with Crippen LogP contribution in [-0.4, -0.2) is 129 Å². The fraction of sp³-hybridized carbons (Fsp3) is 0.836. The second-order valence-corrected chi connectivity index (χ2v) is 28.4. The zero-order valence-corrected chi connectivity index (χ0v) is 47.5. The standard InChI is InChI=1S/C61H88O17/c1-30-25-40-54(4,21-15-39-57(40,7)31(2)26-42(58(39,8)52(70)71)75-51-48(74-10)46(66)45(65)47(76-51)49(67)68)35-13-19-53(3)36(56(30,35)6)16-22-59(28-62)37(53)14-20-55(5)38(59)17-23-60(29-63)41(55)27-32-34(77-60)12-11-33-44(32)50(69)78-61(33,72)24-18-43(64)73-9/h11-12,30-31,35-42,45-48,51,62-63,65-66,72H,13-29H2,1-10H3,(H,67,68)(H,70,71)/t30-,31-,35?,36?,37?,38?,39?,40?,41?,42?,45+,46+,47+,48-,51?,53-,54+,55-,56+,57+,58-,59-,60-,61?/m1/s1. The molecule has 1 saturated heterocycles. The van der Waals surface area contributed by atoms with Crippen molar-refractivity contribution in [1.82, 2.24) is 0 Å². The summed E-state index contributed by atoms with van der Waals surface area (Å²) in [5, 5.41) is 78.3. The van der Waals surface area contributed by atoms with Crippen molar-refractivity contribution in [2.45, 2.75) is 200 Å². The Kier molecular flexibility index (Phi) is 13.4. The van der Waals surface area contributed by atoms with Crippen LogP contribution in [0.1, 0.15) is 167 Å². The average molecular weight is 1090 g/mol. The normalized spacial score (nSPS) is 51.7. The molecule has 7 saturated carbocycles. The summed E-state index contributed by atoms with van der Waals surface area (Å²) in [6.07, 6.45) is 1.22. The van der Waals surface area contributed by atoms with E-state index in [9.17, 15) is 54.9 Å². The highest BCUT2D eigenvalue weighted by Gasteiger charge is 2.77. The molecule has 10 unspecified atom stereocenters. The predicted octanol–water partition coefficient (Wildman–Crippen LogP) is 7.02. The van der Waals surface area contributed by atoms with Gasteiger partial charge >= 0.3 is 23.9 Å². The van der Waals surface area contributed by atoms with Gasteiger partial charge < -0.3 is 64.2 Å². The molecule has 78 heavy (non-hydrogen) atoms. The third-order valence-corrected chi connectivity index (χ3v) is 26.3. The number of carboxylic acids is 2. The third kappa shape index (κ3) is 7.18. The molecule has 0 bridgehead atoms. The summed E-state index contributed by atoms with van der Waals surface area (Å²) in [6, 6.07) is 3.40. The van der Waals surface area contributed by atoms with Crippen molar-refractivity contribution < 1.29 is 83.3 Å². The zero-order chi connectivity index (χ0) is 56.5. The summed E-state index contributed by atoms with van der Waals surface area (Å²) in [5.74, 6) is -4.07. The molecule has 1 aromatic carbocycles. The smallest absolute Gasteiger partial charge is 0.341 e. The van der Waals surface area contributed by atoms with Gasteiger partial charge in [-0.05, 0) is 177 Å². The van der Waals surface area contributed by atoms with Crippen LogP contribution in [0.4, 0.5) is 0 Å². The molecule has 1 aromatic rings. The number of ether oxygens (including phenoxy) is 6. The first kappa shape index (κ1) is 56.4. The summed E-state index contributed by atoms with van der Waals surface area (Å²) < 4.78 is 35.4. The molecule has 7 N–H and O–H groups in total. The number of cyclic esters (lactones) is 1. The second kappa shape index (κ2) is 18.5. The molecule has 7 aliphatic carbocycles. The SMILES string of the molecule is COC(=O)CCC1(O)OC(=O)c2c1ccc1c2CC2[C@](CO)(CCC3[C@@]2(C)CCC2[C@]4(C)CCC5[C@]6(C)CCC7[C@@](C)(C(=O)O)C(OC8O[C@H](C(=O)O)[C@@H](O)[C@H](O)[C@H]8OC)C[C@@H](C)[C@]7(C)C6C[C@@H](C)[C@]5(C)C4CC[C@]32CO)O1. The van der Waals surface area contributed by atoms with Gasteiger partial charge in [-0.25, -0.2) is 9.59 Å². The lowest BCUT2D eigenvalue weighted by atomic mass is 9.27. The van der Waals surface area contributed by atoms with Gasteiger partial charge in [0, 0.05) is 42.6 Å². The molecule has 17 nitrogen and oxygen atoms in total. The number of aliphatic carboxylic acids is 2. The number of methoxy groups -OCH3 is 2. The minimum Gasteiger partial charge on any atom is -0.484 e. The fourth-order valence-corrected chi connectivity index (χ4v) is 22.4. The van der Waals surface area contributed by atoms with Crippen molar-refractivity contribution in [2.24, 2.45) is 91.2 Å². The lowest BCUT2D eigenvalue weighted by molar-refractivity contribution is -0.335. The molecule has 3 aliphatic heterocycles. The summed E-state index contributed by atoms with van der Waals surface area (Å²) in [4.78, 5) is 52.1. The van der Waals surface area contributed by atoms with E-state index < -0.39 is 82.9 Å². The largest absolute Gasteiger partial charge is 0.484 e. The summed E-state index contributed by atoms with van der Waals surface area (Å²) in [6.45, 7) is 18.7. The molecule has 10 aliphatic rings. The van der Waals surface area contributed by atoms with E-state index in [0.717, 1.165) is 57.8 Å². The van der Waals surface area contributed by atoms with Crippen LogP contribution in [0.15, 0.2) is 12.1 Å². The number of fused-ring (bicyclic) bond motifs is 16. The van der Waals surface area contributed by atoms with E-state index in [2.05, 4.69) is 48.5 Å². The van der Waals surface area contributed by atoms with E-state index >= 15 is 0 Å². The molecule has 434 valence electrons. The maximum absolute atomic E-state index is 14.0. The van der Waals surface area contributed by atoms with Crippen molar-refractivity contribution in [1.29, 1.82) is 0 Å². The van der Waals surface area contributed by atoms with Crippen LogP contribution >= 0.6 is 0 Å². The van der Waals surface area contributed by atoms with Crippen LogP contribution in [0.25, 0.3) is 0 Å². The molecule has 3 heterocycles. The summed E-state index contributed by atoms with van der Waals surface area (Å²) >= 11 is 0. The number of esters is 2. The number of carbonyl (C=O) groups is 4. The number of hydrogen-bond donors (Lipinski definition) is 7. The maximum Gasteiger partial charge on any atom is 0.341 e. The molecular formula is C61H88O17. The Bertz CT molecular complexity index is 2610. The van der Waals surface area contributed by atoms with Crippen LogP contribution in [-0.2, 0) is 50.3 Å². The van der Waals surface area contributed by atoms with Crippen molar-refractivity contribution >= 4 is 23.9 Å². The number of carbonyl (C=O) groups excluding carboxylic acids is 2. The fourth-order valence-electron chi connectivity index (χ4n) is 22.4. The van der Waals surface area contributed by atoms with E-state index in [1.807, 2.05) is 0 Å². The van der Waals surface area contributed by atoms with E-state index in [4.69, 9.17) is 28.4 Å². The molecule has 0 aromatic heterocycles. The molecule has 0 amide bonds. The van der Waals surface area contributed by atoms with E-state index in [1.165, 1.54) is 14.2 Å². The predicted molar refractivity (Wildman–Crippen MR) is 279 cm³/mol. The number of hydrogen-bond acceptors (Lipinski definition) is 15. The second-order valence-electron chi connectivity index (χ2n) is 28.4. The van der Waals surface area contributed by atoms with Gasteiger partial charge in [0.05, 0.1) is 37.2 Å². The molecule has 8 fully saturated rings. The minimum atomic E-state index is -2.00. The van der Waals surface area contributed by atoms with Crippen LogP contribution < -0.4 is 4.74 Å². The van der Waals surface area contributed by atoms with Crippen molar-refractivity contribution in [3.8, 4) is 5.75 Å². The number of aliphatic hydroxyl groups is 5. The van der Waals surface area contributed by atoms with E-state index in [-0.39, 0.29) is 94.2 Å². The molecule has 24 atom stereocenters. The monoisotopic (exact) mass is 1090 g/mol. The highest BCUT2D eigenvalue weighted by Crippen LogP contribution is 2.81. The van der Waals surface area contributed by atoms with Gasteiger partial charge in [-0.2, -0.15) is 0 Å². The van der Waals surface area contributed by atoms with Crippen molar-refractivity contribution in [3.05, 3.63) is 28.8 Å². The van der Waals surface area contributed by atoms with Crippen molar-refractivity contribution in [2.75, 3.05) is 27.4 Å². The van der Waals surface area contributed by atoms with Crippen LogP contribution in [0, 0.1) is 91.2 Å². The number of benzene rings is 1. The third-order valence-electron chi connectivity index (χ3n) is 26.3. The average Bonchev–Trinajstić information content (AvgIpc) is 2.52.